The summed E-state index contributed by atoms with van der Waals surface area (Å²) in [4.78, 5) is 0. The van der Waals surface area contributed by atoms with Gasteiger partial charge in [-0.2, -0.15) is 5.10 Å². The van der Waals surface area contributed by atoms with Crippen LogP contribution in [0.1, 0.15) is 31.9 Å². The lowest BCUT2D eigenvalue weighted by Crippen LogP contribution is -2.37. The smallest absolute Gasteiger partial charge is 0.0518 e. The van der Waals surface area contributed by atoms with Gasteiger partial charge in [-0.25, -0.2) is 0 Å². The van der Waals surface area contributed by atoms with Gasteiger partial charge < -0.3 is 5.32 Å². The normalized spacial score (nSPS) is 18.0. The van der Waals surface area contributed by atoms with Gasteiger partial charge in [0.15, 0.2) is 0 Å². The van der Waals surface area contributed by atoms with E-state index >= 15 is 0 Å². The van der Waals surface area contributed by atoms with Crippen LogP contribution < -0.4 is 5.32 Å². The summed E-state index contributed by atoms with van der Waals surface area (Å²) >= 11 is 0. The zero-order valence-electron chi connectivity index (χ0n) is 9.49. The van der Waals surface area contributed by atoms with E-state index in [4.69, 9.17) is 0 Å². The number of aromatic nitrogens is 2. The lowest BCUT2D eigenvalue weighted by atomic mass is 9.70. The van der Waals surface area contributed by atoms with Crippen LogP contribution in [0.4, 0.5) is 0 Å². The number of hydrogen-bond acceptors (Lipinski definition) is 2. The third kappa shape index (κ3) is 2.95. The molecule has 0 saturated heterocycles. The Balaban J connectivity index is 0.00000112. The van der Waals surface area contributed by atoms with E-state index < -0.39 is 0 Å². The molecule has 86 valence electrons. The predicted molar refractivity (Wildman–Crippen MR) is 64.1 cm³/mol. The number of aryl methyl sites for hydroxylation is 1. The highest BCUT2D eigenvalue weighted by Crippen LogP contribution is 2.39. The molecule has 0 aromatic carbocycles. The maximum Gasteiger partial charge on any atom is 0.0518 e. The molecule has 3 nitrogen and oxygen atoms in total. The van der Waals surface area contributed by atoms with Crippen molar-refractivity contribution in [3.8, 4) is 0 Å². The zero-order chi connectivity index (χ0) is 10.0. The summed E-state index contributed by atoms with van der Waals surface area (Å²) < 4.78 is 1.93. The molecule has 0 atom stereocenters. The van der Waals surface area contributed by atoms with Crippen LogP contribution in [0, 0.1) is 5.41 Å². The molecular formula is C11H20ClN3. The van der Waals surface area contributed by atoms with E-state index in [0.29, 0.717) is 5.41 Å². The number of rotatable bonds is 4. The largest absolute Gasteiger partial charge is 0.311 e. The highest BCUT2D eigenvalue weighted by Gasteiger charge is 2.30. The molecule has 2 rings (SSSR count). The van der Waals surface area contributed by atoms with Crippen LogP contribution >= 0.6 is 12.4 Å². The Morgan fingerprint density at radius 1 is 1.53 bits per heavy atom. The molecule has 4 heteroatoms. The molecule has 1 aromatic heterocycles. The number of nitrogens with zero attached hydrogens (tertiary/aromatic N) is 2. The minimum atomic E-state index is 0. The number of nitrogens with one attached hydrogen (secondary N) is 1. The van der Waals surface area contributed by atoms with Gasteiger partial charge in [0.2, 0.25) is 0 Å². The molecule has 15 heavy (non-hydrogen) atoms. The summed E-state index contributed by atoms with van der Waals surface area (Å²) in [5.74, 6) is 0. The first-order chi connectivity index (χ1) is 6.70. The number of halogens is 1. The van der Waals surface area contributed by atoms with Gasteiger partial charge in [0.1, 0.15) is 0 Å². The maximum absolute atomic E-state index is 4.14. The summed E-state index contributed by atoms with van der Waals surface area (Å²) in [6, 6.07) is 2.07. The molecule has 0 radical (unpaired) electrons. The lowest BCUT2D eigenvalue weighted by Gasteiger charge is -2.38. The van der Waals surface area contributed by atoms with Gasteiger partial charge in [-0.1, -0.05) is 13.3 Å². The second kappa shape index (κ2) is 4.99. The summed E-state index contributed by atoms with van der Waals surface area (Å²) in [6.45, 7) is 4.44. The molecular weight excluding hydrogens is 210 g/mol. The predicted octanol–water partition coefficient (Wildman–Crippen LogP) is 2.12. The Hall–Kier alpha value is -0.540. The molecule has 0 unspecified atom stereocenters. The Labute approximate surface area is 97.7 Å². The maximum atomic E-state index is 4.14. The molecule has 0 amide bonds. The van der Waals surface area contributed by atoms with Gasteiger partial charge in [0.25, 0.3) is 0 Å². The van der Waals surface area contributed by atoms with E-state index in [2.05, 4.69) is 23.4 Å². The van der Waals surface area contributed by atoms with E-state index in [0.717, 1.165) is 13.1 Å². The summed E-state index contributed by atoms with van der Waals surface area (Å²) in [6.07, 6.45) is 6.02. The van der Waals surface area contributed by atoms with Crippen molar-refractivity contribution < 1.29 is 0 Å². The van der Waals surface area contributed by atoms with Crippen LogP contribution in [0.15, 0.2) is 12.3 Å². The summed E-state index contributed by atoms with van der Waals surface area (Å²) in [7, 11) is 1.99. The molecule has 1 fully saturated rings. The Bertz CT molecular complexity index is 305. The average Bonchev–Trinajstić information content (AvgIpc) is 2.49. The van der Waals surface area contributed by atoms with Crippen molar-refractivity contribution in [3.63, 3.8) is 0 Å². The molecule has 1 saturated carbocycles. The molecule has 0 aliphatic heterocycles. The highest BCUT2D eigenvalue weighted by atomic mass is 35.5. The summed E-state index contributed by atoms with van der Waals surface area (Å²) in [5, 5.41) is 7.65. The first kappa shape index (κ1) is 12.5. The van der Waals surface area contributed by atoms with E-state index in [1.165, 1.54) is 25.0 Å². The fourth-order valence-corrected chi connectivity index (χ4v) is 2.02. The van der Waals surface area contributed by atoms with Crippen LogP contribution in [0.25, 0.3) is 0 Å². The monoisotopic (exact) mass is 229 g/mol. The minimum Gasteiger partial charge on any atom is -0.311 e. The van der Waals surface area contributed by atoms with Crippen molar-refractivity contribution >= 4 is 12.4 Å². The molecule has 0 bridgehead atoms. The third-order valence-corrected chi connectivity index (χ3v) is 3.34. The molecule has 1 aliphatic carbocycles. The van der Waals surface area contributed by atoms with Crippen LogP contribution in [0.2, 0.25) is 0 Å². The van der Waals surface area contributed by atoms with Crippen LogP contribution in [0.5, 0.6) is 0 Å². The molecule has 1 aliphatic rings. The average molecular weight is 230 g/mol. The van der Waals surface area contributed by atoms with Gasteiger partial charge in [0.05, 0.1) is 5.69 Å². The Morgan fingerprint density at radius 2 is 2.27 bits per heavy atom. The Morgan fingerprint density at radius 3 is 2.73 bits per heavy atom. The van der Waals surface area contributed by atoms with E-state index in [1.807, 2.05) is 17.9 Å². The van der Waals surface area contributed by atoms with Gasteiger partial charge in [-0.3, -0.25) is 4.68 Å². The van der Waals surface area contributed by atoms with Crippen molar-refractivity contribution in [2.45, 2.75) is 32.7 Å². The van der Waals surface area contributed by atoms with Crippen molar-refractivity contribution in [3.05, 3.63) is 18.0 Å². The fourth-order valence-electron chi connectivity index (χ4n) is 2.02. The first-order valence-electron chi connectivity index (χ1n) is 5.37. The van der Waals surface area contributed by atoms with Gasteiger partial charge in [0, 0.05) is 26.3 Å². The topological polar surface area (TPSA) is 29.9 Å². The molecule has 1 aromatic rings. The standard InChI is InChI=1S/C11H19N3.ClH/c1-11(5-3-6-11)9-12-8-10-4-7-13-14(10)2;/h4,7,12H,3,5-6,8-9H2,1-2H3;1H. The van der Waals surface area contributed by atoms with Crippen LogP contribution in [-0.4, -0.2) is 16.3 Å². The second-order valence-electron chi connectivity index (χ2n) is 4.71. The van der Waals surface area contributed by atoms with E-state index in [-0.39, 0.29) is 12.4 Å². The van der Waals surface area contributed by atoms with Crippen LogP contribution in [0.3, 0.4) is 0 Å². The number of hydrogen-bond donors (Lipinski definition) is 1. The van der Waals surface area contributed by atoms with Crippen molar-refractivity contribution in [2.24, 2.45) is 12.5 Å². The molecule has 1 N–H and O–H groups in total. The van der Waals surface area contributed by atoms with E-state index in [9.17, 15) is 0 Å². The third-order valence-electron chi connectivity index (χ3n) is 3.34. The molecule has 0 spiro atoms. The SMILES string of the molecule is Cl.Cn1nccc1CNCC1(C)CCC1. The lowest BCUT2D eigenvalue weighted by molar-refractivity contribution is 0.156. The fraction of sp³-hybridized carbons (Fsp3) is 0.727. The van der Waals surface area contributed by atoms with Gasteiger partial charge in [-0.05, 0) is 24.3 Å². The second-order valence-corrected chi connectivity index (χ2v) is 4.71. The molecule has 1 heterocycles. The first-order valence-corrected chi connectivity index (χ1v) is 5.37. The summed E-state index contributed by atoms with van der Waals surface area (Å²) in [5.41, 5.74) is 1.83. The van der Waals surface area contributed by atoms with Crippen molar-refractivity contribution in [1.29, 1.82) is 0 Å². The van der Waals surface area contributed by atoms with Crippen molar-refractivity contribution in [2.75, 3.05) is 6.54 Å². The quantitative estimate of drug-likeness (QED) is 0.857. The minimum absolute atomic E-state index is 0. The highest BCUT2D eigenvalue weighted by molar-refractivity contribution is 5.85. The van der Waals surface area contributed by atoms with Crippen LogP contribution in [-0.2, 0) is 13.6 Å². The van der Waals surface area contributed by atoms with Gasteiger partial charge in [-0.15, -0.1) is 12.4 Å². The van der Waals surface area contributed by atoms with Crippen molar-refractivity contribution in [1.82, 2.24) is 15.1 Å². The van der Waals surface area contributed by atoms with E-state index in [1.54, 1.807) is 0 Å². The zero-order valence-corrected chi connectivity index (χ0v) is 10.3. The van der Waals surface area contributed by atoms with Gasteiger partial charge >= 0.3 is 0 Å². The Kier molecular flexibility index (Phi) is 4.17.